The van der Waals surface area contributed by atoms with Crippen LogP contribution in [-0.2, 0) is 11.3 Å². The van der Waals surface area contributed by atoms with Gasteiger partial charge in [-0.3, -0.25) is 14.5 Å². The molecule has 0 atom stereocenters. The van der Waals surface area contributed by atoms with Crippen molar-refractivity contribution in [3.8, 4) is 0 Å². The number of nitrogens with one attached hydrogen (secondary N) is 1. The molecule has 0 spiro atoms. The summed E-state index contributed by atoms with van der Waals surface area (Å²) >= 11 is 1.67. The van der Waals surface area contributed by atoms with Gasteiger partial charge in [0, 0.05) is 22.5 Å². The van der Waals surface area contributed by atoms with Gasteiger partial charge in [0.15, 0.2) is 5.78 Å². The summed E-state index contributed by atoms with van der Waals surface area (Å²) in [7, 11) is 1.90. The summed E-state index contributed by atoms with van der Waals surface area (Å²) < 4.78 is 0. The summed E-state index contributed by atoms with van der Waals surface area (Å²) in [5.74, 6) is -0.245. The van der Waals surface area contributed by atoms with E-state index in [-0.39, 0.29) is 18.2 Å². The van der Waals surface area contributed by atoms with E-state index in [4.69, 9.17) is 0 Å². The number of likely N-dealkylation sites (N-methyl/N-ethyl adjacent to an activating group) is 1. The molecular formula is C21H20N2O2S. The molecule has 5 heteroatoms. The number of hydrogen-bond acceptors (Lipinski definition) is 4. The Kier molecular flexibility index (Phi) is 5.94. The van der Waals surface area contributed by atoms with Crippen LogP contribution in [0.3, 0.4) is 0 Å². The quantitative estimate of drug-likeness (QED) is 0.644. The van der Waals surface area contributed by atoms with Crippen molar-refractivity contribution in [1.82, 2.24) is 4.90 Å². The molecule has 0 aliphatic carbocycles. The number of amides is 1. The SMILES string of the molecule is CN(CC(=O)Nc1ccccc1C(=O)c1ccccc1)Cc1cccs1. The normalized spacial score (nSPS) is 10.7. The Balaban J connectivity index is 1.68. The van der Waals surface area contributed by atoms with Crippen LogP contribution in [0.15, 0.2) is 72.1 Å². The van der Waals surface area contributed by atoms with Crippen LogP contribution >= 0.6 is 11.3 Å². The Morgan fingerprint density at radius 3 is 2.42 bits per heavy atom. The monoisotopic (exact) mass is 364 g/mol. The first-order valence-corrected chi connectivity index (χ1v) is 9.21. The molecule has 0 saturated carbocycles. The molecule has 1 aromatic heterocycles. The van der Waals surface area contributed by atoms with Crippen LogP contribution < -0.4 is 5.32 Å². The highest BCUT2D eigenvalue weighted by Gasteiger charge is 2.15. The van der Waals surface area contributed by atoms with Crippen molar-refractivity contribution in [3.05, 3.63) is 88.1 Å². The second-order valence-electron chi connectivity index (χ2n) is 6.04. The number of rotatable bonds is 7. The van der Waals surface area contributed by atoms with Gasteiger partial charge in [-0.25, -0.2) is 0 Å². The molecule has 0 fully saturated rings. The number of para-hydroxylation sites is 1. The summed E-state index contributed by atoms with van der Waals surface area (Å²) in [6, 6.07) is 20.2. The van der Waals surface area contributed by atoms with Crippen molar-refractivity contribution in [1.29, 1.82) is 0 Å². The molecule has 1 amide bonds. The lowest BCUT2D eigenvalue weighted by molar-refractivity contribution is -0.117. The number of benzene rings is 2. The highest BCUT2D eigenvalue weighted by atomic mass is 32.1. The predicted molar refractivity (Wildman–Crippen MR) is 106 cm³/mol. The van der Waals surface area contributed by atoms with Crippen molar-refractivity contribution in [2.24, 2.45) is 0 Å². The van der Waals surface area contributed by atoms with Gasteiger partial charge in [0.25, 0.3) is 0 Å². The molecule has 4 nitrogen and oxygen atoms in total. The van der Waals surface area contributed by atoms with Gasteiger partial charge in [-0.15, -0.1) is 11.3 Å². The lowest BCUT2D eigenvalue weighted by atomic mass is 10.0. The summed E-state index contributed by atoms with van der Waals surface area (Å²) in [5, 5.41) is 4.90. The Labute approximate surface area is 157 Å². The fraction of sp³-hybridized carbons (Fsp3) is 0.143. The Morgan fingerprint density at radius 1 is 0.962 bits per heavy atom. The molecule has 2 aromatic carbocycles. The third-order valence-electron chi connectivity index (χ3n) is 3.90. The smallest absolute Gasteiger partial charge is 0.238 e. The van der Waals surface area contributed by atoms with Gasteiger partial charge in [-0.1, -0.05) is 48.5 Å². The molecule has 0 unspecified atom stereocenters. The zero-order chi connectivity index (χ0) is 18.4. The number of carbonyl (C=O) groups excluding carboxylic acids is 2. The second-order valence-corrected chi connectivity index (χ2v) is 7.07. The number of anilines is 1. The van der Waals surface area contributed by atoms with E-state index < -0.39 is 0 Å². The van der Waals surface area contributed by atoms with E-state index in [0.29, 0.717) is 16.8 Å². The number of hydrogen-bond donors (Lipinski definition) is 1. The van der Waals surface area contributed by atoms with Crippen LogP contribution in [0.25, 0.3) is 0 Å². The highest BCUT2D eigenvalue weighted by molar-refractivity contribution is 7.09. The summed E-state index contributed by atoms with van der Waals surface area (Å²) in [4.78, 5) is 28.3. The molecule has 0 radical (unpaired) electrons. The van der Waals surface area contributed by atoms with Gasteiger partial charge in [0.1, 0.15) is 0 Å². The predicted octanol–water partition coefficient (Wildman–Crippen LogP) is 4.05. The van der Waals surface area contributed by atoms with E-state index in [0.717, 1.165) is 6.54 Å². The van der Waals surface area contributed by atoms with Gasteiger partial charge in [-0.2, -0.15) is 0 Å². The van der Waals surface area contributed by atoms with Crippen molar-refractivity contribution < 1.29 is 9.59 Å². The van der Waals surface area contributed by atoms with Crippen LogP contribution in [0.2, 0.25) is 0 Å². The lowest BCUT2D eigenvalue weighted by Crippen LogP contribution is -2.30. The van der Waals surface area contributed by atoms with Gasteiger partial charge >= 0.3 is 0 Å². The van der Waals surface area contributed by atoms with Crippen molar-refractivity contribution >= 4 is 28.7 Å². The van der Waals surface area contributed by atoms with Gasteiger partial charge in [0.05, 0.1) is 12.2 Å². The lowest BCUT2D eigenvalue weighted by Gasteiger charge is -2.16. The highest BCUT2D eigenvalue weighted by Crippen LogP contribution is 2.19. The van der Waals surface area contributed by atoms with E-state index in [1.54, 1.807) is 41.7 Å². The fourth-order valence-corrected chi connectivity index (χ4v) is 3.48. The Morgan fingerprint density at radius 2 is 1.69 bits per heavy atom. The summed E-state index contributed by atoms with van der Waals surface area (Å²) in [5.41, 5.74) is 1.63. The minimum atomic E-state index is -0.141. The molecule has 132 valence electrons. The van der Waals surface area contributed by atoms with Crippen molar-refractivity contribution in [2.75, 3.05) is 18.9 Å². The molecule has 26 heavy (non-hydrogen) atoms. The first-order valence-electron chi connectivity index (χ1n) is 8.33. The van der Waals surface area contributed by atoms with E-state index in [1.165, 1.54) is 4.88 Å². The molecule has 3 rings (SSSR count). The largest absolute Gasteiger partial charge is 0.324 e. The van der Waals surface area contributed by atoms with E-state index in [9.17, 15) is 9.59 Å². The molecule has 0 aliphatic rings. The van der Waals surface area contributed by atoms with E-state index in [2.05, 4.69) is 5.32 Å². The van der Waals surface area contributed by atoms with Gasteiger partial charge in [0.2, 0.25) is 5.91 Å². The number of thiophene rings is 1. The molecule has 0 saturated heterocycles. The third-order valence-corrected chi connectivity index (χ3v) is 4.76. The van der Waals surface area contributed by atoms with Crippen LogP contribution in [-0.4, -0.2) is 30.2 Å². The third kappa shape index (κ3) is 4.65. The van der Waals surface area contributed by atoms with Crippen molar-refractivity contribution in [2.45, 2.75) is 6.54 Å². The number of nitrogens with zero attached hydrogens (tertiary/aromatic N) is 1. The molecular weight excluding hydrogens is 344 g/mol. The zero-order valence-corrected chi connectivity index (χ0v) is 15.3. The maximum absolute atomic E-state index is 12.7. The maximum atomic E-state index is 12.7. The molecule has 1 N–H and O–H groups in total. The van der Waals surface area contributed by atoms with Gasteiger partial charge in [-0.05, 0) is 30.6 Å². The van der Waals surface area contributed by atoms with Crippen LogP contribution in [0.4, 0.5) is 5.69 Å². The summed E-state index contributed by atoms with van der Waals surface area (Å²) in [6.07, 6.45) is 0. The van der Waals surface area contributed by atoms with Gasteiger partial charge < -0.3 is 5.32 Å². The van der Waals surface area contributed by atoms with E-state index >= 15 is 0 Å². The average molecular weight is 364 g/mol. The molecule has 1 heterocycles. The first kappa shape index (κ1) is 18.0. The van der Waals surface area contributed by atoms with Crippen LogP contribution in [0.1, 0.15) is 20.8 Å². The first-order chi connectivity index (χ1) is 12.6. The molecule has 3 aromatic rings. The zero-order valence-electron chi connectivity index (χ0n) is 14.5. The number of carbonyl (C=O) groups is 2. The minimum Gasteiger partial charge on any atom is -0.324 e. The Hall–Kier alpha value is -2.76. The van der Waals surface area contributed by atoms with Crippen molar-refractivity contribution in [3.63, 3.8) is 0 Å². The van der Waals surface area contributed by atoms with Crippen LogP contribution in [0.5, 0.6) is 0 Å². The van der Waals surface area contributed by atoms with E-state index in [1.807, 2.05) is 53.7 Å². The summed E-state index contributed by atoms with van der Waals surface area (Å²) in [6.45, 7) is 0.974. The molecule has 0 aliphatic heterocycles. The van der Waals surface area contributed by atoms with Crippen LogP contribution in [0, 0.1) is 0 Å². The standard InChI is InChI=1S/C21H20N2O2S/c1-23(14-17-10-7-13-26-17)15-20(24)22-19-12-6-5-11-18(19)21(25)16-8-3-2-4-9-16/h2-13H,14-15H2,1H3,(H,22,24). The number of ketones is 1. The Bertz CT molecular complexity index is 876. The average Bonchev–Trinajstić information content (AvgIpc) is 3.15. The molecule has 0 bridgehead atoms. The maximum Gasteiger partial charge on any atom is 0.238 e. The second kappa shape index (κ2) is 8.56. The topological polar surface area (TPSA) is 49.4 Å². The minimum absolute atomic E-state index is 0.103. The fourth-order valence-electron chi connectivity index (χ4n) is 2.69.